The van der Waals surface area contributed by atoms with Crippen LogP contribution in [0.5, 0.6) is 0 Å². The van der Waals surface area contributed by atoms with Gasteiger partial charge in [-0.3, -0.25) is 5.43 Å². The zero-order valence-corrected chi connectivity index (χ0v) is 15.9. The molecule has 0 spiro atoms. The molecule has 2 aromatic rings. The lowest BCUT2D eigenvalue weighted by atomic mass is 9.99. The van der Waals surface area contributed by atoms with Gasteiger partial charge in [-0.05, 0) is 60.7 Å². The number of ether oxygens (including phenoxy) is 1. The first kappa shape index (κ1) is 17.3. The fourth-order valence-corrected chi connectivity index (χ4v) is 4.47. The molecule has 1 aromatic carbocycles. The highest BCUT2D eigenvalue weighted by Crippen LogP contribution is 2.38. The molecule has 2 heterocycles. The molecule has 4 rings (SSSR count). The van der Waals surface area contributed by atoms with Crippen LogP contribution in [0.25, 0.3) is 5.57 Å². The summed E-state index contributed by atoms with van der Waals surface area (Å²) in [6.45, 7) is 7.02. The van der Waals surface area contributed by atoms with E-state index in [-0.39, 0.29) is 6.03 Å². The Labute approximate surface area is 157 Å². The number of thiophene rings is 1. The summed E-state index contributed by atoms with van der Waals surface area (Å²) in [6.07, 6.45) is 3.23. The van der Waals surface area contributed by atoms with Gasteiger partial charge in [-0.15, -0.1) is 11.3 Å². The zero-order valence-electron chi connectivity index (χ0n) is 15.1. The molecule has 0 saturated carbocycles. The van der Waals surface area contributed by atoms with E-state index in [0.29, 0.717) is 26.3 Å². The van der Waals surface area contributed by atoms with Crippen molar-refractivity contribution in [3.05, 3.63) is 56.8 Å². The molecule has 1 saturated heterocycles. The van der Waals surface area contributed by atoms with Gasteiger partial charge in [0.15, 0.2) is 0 Å². The SMILES string of the molecule is Cc1cc(C2=CCc3ccc(NC(=O)NN4CCOCC4)cc32)c(C)s1. The Kier molecular flexibility index (Phi) is 4.80. The van der Waals surface area contributed by atoms with Crippen molar-refractivity contribution in [1.82, 2.24) is 10.4 Å². The van der Waals surface area contributed by atoms with E-state index in [1.807, 2.05) is 22.4 Å². The van der Waals surface area contributed by atoms with Crippen molar-refractivity contribution >= 4 is 28.6 Å². The Morgan fingerprint density at radius 2 is 1.96 bits per heavy atom. The summed E-state index contributed by atoms with van der Waals surface area (Å²) in [5, 5.41) is 4.84. The van der Waals surface area contributed by atoms with E-state index in [1.165, 1.54) is 32.0 Å². The van der Waals surface area contributed by atoms with Gasteiger partial charge in [-0.1, -0.05) is 12.1 Å². The maximum atomic E-state index is 12.3. The normalized spacial score (nSPS) is 16.9. The number of nitrogens with zero attached hydrogens (tertiary/aromatic N) is 1. The maximum absolute atomic E-state index is 12.3. The van der Waals surface area contributed by atoms with Gasteiger partial charge in [0.05, 0.1) is 13.2 Å². The molecule has 5 nitrogen and oxygen atoms in total. The number of allylic oxidation sites excluding steroid dienone is 1. The first-order valence-corrected chi connectivity index (χ1v) is 9.73. The Hall–Kier alpha value is -2.15. The van der Waals surface area contributed by atoms with E-state index in [0.717, 1.165) is 12.1 Å². The van der Waals surface area contributed by atoms with Gasteiger partial charge in [0.1, 0.15) is 0 Å². The van der Waals surface area contributed by atoms with Crippen LogP contribution in [0, 0.1) is 13.8 Å². The Morgan fingerprint density at radius 3 is 2.69 bits per heavy atom. The second-order valence-corrected chi connectivity index (χ2v) is 8.15. The molecule has 136 valence electrons. The lowest BCUT2D eigenvalue weighted by Gasteiger charge is -2.26. The number of amides is 2. The molecule has 2 N–H and O–H groups in total. The van der Waals surface area contributed by atoms with Crippen LogP contribution in [0.3, 0.4) is 0 Å². The molecule has 1 aromatic heterocycles. The number of aryl methyl sites for hydroxylation is 2. The lowest BCUT2D eigenvalue weighted by molar-refractivity contribution is 0.0207. The number of hydrogen-bond donors (Lipinski definition) is 2. The number of nitrogens with one attached hydrogen (secondary N) is 2. The number of hydrazine groups is 1. The Morgan fingerprint density at radius 1 is 1.15 bits per heavy atom. The summed E-state index contributed by atoms with van der Waals surface area (Å²) in [4.78, 5) is 14.9. The fraction of sp³-hybridized carbons (Fsp3) is 0.350. The maximum Gasteiger partial charge on any atom is 0.333 e. The second kappa shape index (κ2) is 7.23. The smallest absolute Gasteiger partial charge is 0.333 e. The fourth-order valence-electron chi connectivity index (χ4n) is 3.54. The monoisotopic (exact) mass is 369 g/mol. The molecule has 6 heteroatoms. The highest BCUT2D eigenvalue weighted by atomic mass is 32.1. The minimum absolute atomic E-state index is 0.210. The number of carbonyl (C=O) groups excluding carboxylic acids is 1. The number of hydrogen-bond acceptors (Lipinski definition) is 4. The number of morpholine rings is 1. The molecule has 2 amide bonds. The predicted molar refractivity (Wildman–Crippen MR) is 106 cm³/mol. The third-order valence-electron chi connectivity index (χ3n) is 4.79. The van der Waals surface area contributed by atoms with Gasteiger partial charge in [-0.2, -0.15) is 0 Å². The number of rotatable bonds is 3. The van der Waals surface area contributed by atoms with Crippen LogP contribution in [0.4, 0.5) is 10.5 Å². The minimum Gasteiger partial charge on any atom is -0.379 e. The largest absolute Gasteiger partial charge is 0.379 e. The van der Waals surface area contributed by atoms with Crippen LogP contribution in [-0.4, -0.2) is 37.3 Å². The number of anilines is 1. The van der Waals surface area contributed by atoms with E-state index >= 15 is 0 Å². The molecule has 1 fully saturated rings. The summed E-state index contributed by atoms with van der Waals surface area (Å²) >= 11 is 1.83. The van der Waals surface area contributed by atoms with Gasteiger partial charge in [-0.25, -0.2) is 9.80 Å². The summed E-state index contributed by atoms with van der Waals surface area (Å²) in [6, 6.07) is 8.21. The average Bonchev–Trinajstić information content (AvgIpc) is 3.17. The number of fused-ring (bicyclic) bond motifs is 1. The van der Waals surface area contributed by atoms with Crippen LogP contribution in [0.1, 0.15) is 26.4 Å². The molecular weight excluding hydrogens is 346 g/mol. The topological polar surface area (TPSA) is 53.6 Å². The Balaban J connectivity index is 1.50. The van der Waals surface area contributed by atoms with Crippen LogP contribution in [0.15, 0.2) is 30.3 Å². The molecule has 0 unspecified atom stereocenters. The average molecular weight is 369 g/mol. The van der Waals surface area contributed by atoms with E-state index in [1.54, 1.807) is 0 Å². The van der Waals surface area contributed by atoms with E-state index < -0.39 is 0 Å². The van der Waals surface area contributed by atoms with E-state index in [9.17, 15) is 4.79 Å². The summed E-state index contributed by atoms with van der Waals surface area (Å²) in [5.41, 5.74) is 8.80. The first-order valence-electron chi connectivity index (χ1n) is 8.91. The van der Waals surface area contributed by atoms with Gasteiger partial charge in [0, 0.05) is 28.5 Å². The summed E-state index contributed by atoms with van der Waals surface area (Å²) in [5.74, 6) is 0. The van der Waals surface area contributed by atoms with Gasteiger partial charge in [0.25, 0.3) is 0 Å². The van der Waals surface area contributed by atoms with Crippen molar-refractivity contribution < 1.29 is 9.53 Å². The van der Waals surface area contributed by atoms with Crippen LogP contribution < -0.4 is 10.7 Å². The molecule has 0 atom stereocenters. The standard InChI is InChI=1S/C20H23N3O2S/c1-13-11-18(14(2)26-13)17-6-4-15-3-5-16(12-19(15)17)21-20(24)22-23-7-9-25-10-8-23/h3,5-6,11-12H,4,7-10H2,1-2H3,(H2,21,22,24). The third kappa shape index (κ3) is 3.53. The number of benzene rings is 1. The second-order valence-electron chi connectivity index (χ2n) is 6.69. The Bertz CT molecular complexity index is 866. The van der Waals surface area contributed by atoms with Crippen LogP contribution >= 0.6 is 11.3 Å². The van der Waals surface area contributed by atoms with Gasteiger partial charge in [0.2, 0.25) is 0 Å². The van der Waals surface area contributed by atoms with Crippen molar-refractivity contribution in [1.29, 1.82) is 0 Å². The van der Waals surface area contributed by atoms with Crippen molar-refractivity contribution in [2.24, 2.45) is 0 Å². The third-order valence-corrected chi connectivity index (χ3v) is 5.75. The highest BCUT2D eigenvalue weighted by Gasteiger charge is 2.20. The van der Waals surface area contributed by atoms with Gasteiger partial charge < -0.3 is 10.1 Å². The van der Waals surface area contributed by atoms with Crippen LogP contribution in [-0.2, 0) is 11.2 Å². The number of urea groups is 1. The molecule has 1 aliphatic heterocycles. The molecule has 26 heavy (non-hydrogen) atoms. The molecule has 0 radical (unpaired) electrons. The lowest BCUT2D eigenvalue weighted by Crippen LogP contribution is -2.49. The van der Waals surface area contributed by atoms with Crippen molar-refractivity contribution in [3.63, 3.8) is 0 Å². The zero-order chi connectivity index (χ0) is 18.1. The summed E-state index contributed by atoms with van der Waals surface area (Å²) < 4.78 is 5.30. The molecular formula is C20H23N3O2S. The first-order chi connectivity index (χ1) is 12.6. The minimum atomic E-state index is -0.210. The predicted octanol–water partition coefficient (Wildman–Crippen LogP) is 3.72. The van der Waals surface area contributed by atoms with Crippen molar-refractivity contribution in [2.45, 2.75) is 20.3 Å². The molecule has 0 bridgehead atoms. The van der Waals surface area contributed by atoms with E-state index in [4.69, 9.17) is 4.74 Å². The van der Waals surface area contributed by atoms with Crippen molar-refractivity contribution in [3.8, 4) is 0 Å². The van der Waals surface area contributed by atoms with Crippen molar-refractivity contribution in [2.75, 3.05) is 31.6 Å². The van der Waals surface area contributed by atoms with Crippen LogP contribution in [0.2, 0.25) is 0 Å². The quantitative estimate of drug-likeness (QED) is 0.867. The van der Waals surface area contributed by atoms with Gasteiger partial charge >= 0.3 is 6.03 Å². The molecule has 1 aliphatic carbocycles. The van der Waals surface area contributed by atoms with E-state index in [2.05, 4.69) is 48.9 Å². The molecule has 2 aliphatic rings. The highest BCUT2D eigenvalue weighted by molar-refractivity contribution is 7.12. The number of carbonyl (C=O) groups is 1. The summed E-state index contributed by atoms with van der Waals surface area (Å²) in [7, 11) is 0.